The maximum atomic E-state index is 10.7. The van der Waals surface area contributed by atoms with Gasteiger partial charge in [0.2, 0.25) is 0 Å². The minimum atomic E-state index is -0.780. The van der Waals surface area contributed by atoms with Crippen molar-refractivity contribution < 1.29 is 14.6 Å². The maximum absolute atomic E-state index is 10.7. The molecule has 0 aromatic heterocycles. The van der Waals surface area contributed by atoms with Crippen molar-refractivity contribution in [1.29, 1.82) is 0 Å². The molecule has 2 rings (SSSR count). The Hall–Kier alpha value is -2.29. The van der Waals surface area contributed by atoms with E-state index in [9.17, 15) is 4.79 Å². The van der Waals surface area contributed by atoms with E-state index >= 15 is 0 Å². The topological polar surface area (TPSA) is 46.5 Å². The lowest BCUT2D eigenvalue weighted by molar-refractivity contribution is -0.137. The zero-order valence-corrected chi connectivity index (χ0v) is 10.7. The first-order valence-corrected chi connectivity index (χ1v) is 6.20. The minimum absolute atomic E-state index is 0.00303. The maximum Gasteiger partial charge on any atom is 0.303 e. The zero-order chi connectivity index (χ0) is 13.7. The van der Waals surface area contributed by atoms with Crippen LogP contribution in [0.4, 0.5) is 0 Å². The Kier molecular flexibility index (Phi) is 4.18. The van der Waals surface area contributed by atoms with Crippen molar-refractivity contribution in [2.45, 2.75) is 19.3 Å². The third-order valence-corrected chi connectivity index (χ3v) is 2.91. The summed E-state index contributed by atoms with van der Waals surface area (Å²) in [7, 11) is 0. The lowest BCUT2D eigenvalue weighted by atomic mass is 9.98. The third kappa shape index (κ3) is 3.85. The molecule has 19 heavy (non-hydrogen) atoms. The van der Waals surface area contributed by atoms with Crippen molar-refractivity contribution in [1.82, 2.24) is 0 Å². The monoisotopic (exact) mass is 256 g/mol. The highest BCUT2D eigenvalue weighted by molar-refractivity contribution is 5.68. The van der Waals surface area contributed by atoms with Crippen molar-refractivity contribution in [3.8, 4) is 11.5 Å². The van der Waals surface area contributed by atoms with Crippen molar-refractivity contribution in [2.24, 2.45) is 0 Å². The molecule has 0 bridgehead atoms. The number of benzene rings is 2. The fraction of sp³-hybridized carbons (Fsp3) is 0.188. The number of carboxylic acids is 1. The van der Waals surface area contributed by atoms with Crippen LogP contribution < -0.4 is 4.74 Å². The molecule has 1 atom stereocenters. The smallest absolute Gasteiger partial charge is 0.303 e. The van der Waals surface area contributed by atoms with Gasteiger partial charge in [0, 0.05) is 0 Å². The van der Waals surface area contributed by atoms with Gasteiger partial charge in [-0.2, -0.15) is 0 Å². The SMILES string of the molecule is C[C@@H](CC(=O)O)c1ccc(Oc2ccccc2)cc1. The van der Waals surface area contributed by atoms with Crippen LogP contribution in [0.3, 0.4) is 0 Å². The molecule has 0 aliphatic carbocycles. The molecule has 3 nitrogen and oxygen atoms in total. The molecule has 0 aliphatic rings. The van der Waals surface area contributed by atoms with Gasteiger partial charge in [0.05, 0.1) is 6.42 Å². The number of hydrogen-bond acceptors (Lipinski definition) is 2. The highest BCUT2D eigenvalue weighted by Crippen LogP contribution is 2.25. The summed E-state index contributed by atoms with van der Waals surface area (Å²) in [5, 5.41) is 8.77. The van der Waals surface area contributed by atoms with Gasteiger partial charge in [-0.25, -0.2) is 0 Å². The number of aliphatic carboxylic acids is 1. The number of rotatable bonds is 5. The van der Waals surface area contributed by atoms with Crippen LogP contribution in [0.5, 0.6) is 11.5 Å². The van der Waals surface area contributed by atoms with Gasteiger partial charge in [-0.05, 0) is 35.7 Å². The van der Waals surface area contributed by atoms with Crippen LogP contribution in [0.2, 0.25) is 0 Å². The molecule has 0 saturated heterocycles. The van der Waals surface area contributed by atoms with Gasteiger partial charge in [-0.15, -0.1) is 0 Å². The third-order valence-electron chi connectivity index (χ3n) is 2.91. The summed E-state index contributed by atoms with van der Waals surface area (Å²) in [5.41, 5.74) is 1.00. The molecule has 2 aromatic rings. The van der Waals surface area contributed by atoms with E-state index in [1.165, 1.54) is 0 Å². The van der Waals surface area contributed by atoms with Crippen LogP contribution in [-0.4, -0.2) is 11.1 Å². The quantitative estimate of drug-likeness (QED) is 0.877. The fourth-order valence-corrected chi connectivity index (χ4v) is 1.87. The summed E-state index contributed by atoms with van der Waals surface area (Å²) in [6.07, 6.45) is 0.138. The highest BCUT2D eigenvalue weighted by Gasteiger charge is 2.10. The van der Waals surface area contributed by atoms with E-state index in [0.717, 1.165) is 17.1 Å². The average molecular weight is 256 g/mol. The van der Waals surface area contributed by atoms with Crippen LogP contribution in [0.25, 0.3) is 0 Å². The highest BCUT2D eigenvalue weighted by atomic mass is 16.5. The molecule has 0 unspecified atom stereocenters. The Balaban J connectivity index is 2.04. The second kappa shape index (κ2) is 6.05. The molecule has 98 valence electrons. The minimum Gasteiger partial charge on any atom is -0.481 e. The van der Waals surface area contributed by atoms with Gasteiger partial charge in [0.25, 0.3) is 0 Å². The predicted molar refractivity (Wildman–Crippen MR) is 73.6 cm³/mol. The molecular weight excluding hydrogens is 240 g/mol. The molecule has 0 fully saturated rings. The summed E-state index contributed by atoms with van der Waals surface area (Å²) in [6, 6.07) is 17.1. The molecule has 1 N–H and O–H groups in total. The van der Waals surface area contributed by atoms with Gasteiger partial charge in [0.15, 0.2) is 0 Å². The molecule has 0 saturated carbocycles. The zero-order valence-electron chi connectivity index (χ0n) is 10.7. The molecule has 2 aromatic carbocycles. The molecule has 0 aliphatic heterocycles. The predicted octanol–water partition coefficient (Wildman–Crippen LogP) is 4.06. The van der Waals surface area contributed by atoms with Gasteiger partial charge in [-0.1, -0.05) is 37.3 Å². The number of hydrogen-bond donors (Lipinski definition) is 1. The normalized spacial score (nSPS) is 11.8. The van der Waals surface area contributed by atoms with Gasteiger partial charge >= 0.3 is 5.97 Å². The van der Waals surface area contributed by atoms with Crippen molar-refractivity contribution in [3.63, 3.8) is 0 Å². The lowest BCUT2D eigenvalue weighted by Crippen LogP contribution is -2.02. The van der Waals surface area contributed by atoms with Gasteiger partial charge in [-0.3, -0.25) is 4.79 Å². The summed E-state index contributed by atoms with van der Waals surface area (Å²) < 4.78 is 5.68. The molecule has 0 spiro atoms. The van der Waals surface area contributed by atoms with E-state index in [1.54, 1.807) is 0 Å². The van der Waals surface area contributed by atoms with Crippen LogP contribution >= 0.6 is 0 Å². The Morgan fingerprint density at radius 1 is 1.05 bits per heavy atom. The number of ether oxygens (including phenoxy) is 1. The first-order valence-electron chi connectivity index (χ1n) is 6.20. The Labute approximate surface area is 112 Å². The Morgan fingerprint density at radius 2 is 1.63 bits per heavy atom. The second-order valence-corrected chi connectivity index (χ2v) is 4.48. The standard InChI is InChI=1S/C16H16O3/c1-12(11-16(17)18)13-7-9-15(10-8-13)19-14-5-3-2-4-6-14/h2-10,12H,11H2,1H3,(H,17,18)/t12-/m0/s1. The summed E-state index contributed by atoms with van der Waals surface area (Å²) in [5.74, 6) is 0.756. The fourth-order valence-electron chi connectivity index (χ4n) is 1.87. The Bertz CT molecular complexity index is 532. The van der Waals surface area contributed by atoms with E-state index in [1.807, 2.05) is 61.5 Å². The molecular formula is C16H16O3. The molecule has 0 heterocycles. The van der Waals surface area contributed by atoms with E-state index < -0.39 is 5.97 Å². The van der Waals surface area contributed by atoms with Crippen LogP contribution in [0.1, 0.15) is 24.8 Å². The van der Waals surface area contributed by atoms with Crippen molar-refractivity contribution in [2.75, 3.05) is 0 Å². The van der Waals surface area contributed by atoms with E-state index in [-0.39, 0.29) is 12.3 Å². The molecule has 3 heteroatoms. The van der Waals surface area contributed by atoms with E-state index in [2.05, 4.69) is 0 Å². The van der Waals surface area contributed by atoms with E-state index in [0.29, 0.717) is 0 Å². The summed E-state index contributed by atoms with van der Waals surface area (Å²) >= 11 is 0. The van der Waals surface area contributed by atoms with Gasteiger partial charge < -0.3 is 9.84 Å². The lowest BCUT2D eigenvalue weighted by Gasteiger charge is -2.10. The average Bonchev–Trinajstić information content (AvgIpc) is 2.40. The summed E-state index contributed by atoms with van der Waals surface area (Å²) in [4.78, 5) is 10.7. The number of para-hydroxylation sites is 1. The second-order valence-electron chi connectivity index (χ2n) is 4.48. The molecule has 0 radical (unpaired) electrons. The van der Waals surface area contributed by atoms with Crippen molar-refractivity contribution in [3.05, 3.63) is 60.2 Å². The molecule has 0 amide bonds. The Morgan fingerprint density at radius 3 is 2.21 bits per heavy atom. The van der Waals surface area contributed by atoms with E-state index in [4.69, 9.17) is 9.84 Å². The first-order chi connectivity index (χ1) is 9.15. The summed E-state index contributed by atoms with van der Waals surface area (Å²) in [6.45, 7) is 1.90. The number of carbonyl (C=O) groups is 1. The van der Waals surface area contributed by atoms with Crippen LogP contribution in [-0.2, 0) is 4.79 Å². The largest absolute Gasteiger partial charge is 0.481 e. The number of carboxylic acid groups (broad SMARTS) is 1. The van der Waals surface area contributed by atoms with Crippen LogP contribution in [0.15, 0.2) is 54.6 Å². The van der Waals surface area contributed by atoms with Crippen molar-refractivity contribution >= 4 is 5.97 Å². The van der Waals surface area contributed by atoms with Gasteiger partial charge in [0.1, 0.15) is 11.5 Å². The van der Waals surface area contributed by atoms with Crippen LogP contribution in [0, 0.1) is 0 Å². The first kappa shape index (κ1) is 13.1.